The molecule has 1 aromatic carbocycles. The molecule has 0 aliphatic carbocycles. The summed E-state index contributed by atoms with van der Waals surface area (Å²) in [5, 5.41) is 9.52. The molecular formula is C10H12ClNO3. The second-order valence-corrected chi connectivity index (χ2v) is 3.68. The highest BCUT2D eigenvalue weighted by atomic mass is 35.5. The van der Waals surface area contributed by atoms with Gasteiger partial charge < -0.3 is 20.3 Å². The molecule has 4 nitrogen and oxygen atoms in total. The van der Waals surface area contributed by atoms with E-state index in [-0.39, 0.29) is 6.61 Å². The Bertz CT molecular complexity index is 370. The standard InChI is InChI=1S/C10H12ClNO3/c11-6-1-2-8-10(15-4-3-14-8)9(6)7(12)5-13/h1-2,7,13H,3-5,12H2. The predicted octanol–water partition coefficient (Wildman–Crippen LogP) is 1.10. The lowest BCUT2D eigenvalue weighted by molar-refractivity contribution is 0.167. The van der Waals surface area contributed by atoms with Crippen molar-refractivity contribution in [3.8, 4) is 11.5 Å². The van der Waals surface area contributed by atoms with Gasteiger partial charge in [-0.05, 0) is 12.1 Å². The third-order valence-corrected chi connectivity index (χ3v) is 2.59. The van der Waals surface area contributed by atoms with E-state index < -0.39 is 6.04 Å². The summed E-state index contributed by atoms with van der Waals surface area (Å²) in [6.45, 7) is 0.806. The predicted molar refractivity (Wildman–Crippen MR) is 56.5 cm³/mol. The molecule has 0 radical (unpaired) electrons. The van der Waals surface area contributed by atoms with Gasteiger partial charge in [0.2, 0.25) is 0 Å². The SMILES string of the molecule is NC(CO)c1c(Cl)ccc2c1OCCO2. The van der Waals surface area contributed by atoms with E-state index in [2.05, 4.69) is 0 Å². The van der Waals surface area contributed by atoms with Crippen molar-refractivity contribution in [1.82, 2.24) is 0 Å². The number of rotatable bonds is 2. The van der Waals surface area contributed by atoms with Gasteiger partial charge in [0, 0.05) is 10.6 Å². The number of ether oxygens (including phenoxy) is 2. The van der Waals surface area contributed by atoms with Crippen molar-refractivity contribution in [1.29, 1.82) is 0 Å². The van der Waals surface area contributed by atoms with Gasteiger partial charge in [0.1, 0.15) is 13.2 Å². The molecule has 0 saturated carbocycles. The van der Waals surface area contributed by atoms with Gasteiger partial charge in [-0.2, -0.15) is 0 Å². The van der Waals surface area contributed by atoms with Crippen LogP contribution in [0, 0.1) is 0 Å². The van der Waals surface area contributed by atoms with Crippen molar-refractivity contribution in [3.63, 3.8) is 0 Å². The van der Waals surface area contributed by atoms with Crippen LogP contribution in [0.4, 0.5) is 0 Å². The van der Waals surface area contributed by atoms with Crippen LogP contribution in [-0.4, -0.2) is 24.9 Å². The van der Waals surface area contributed by atoms with E-state index in [1.807, 2.05) is 0 Å². The molecule has 1 aliphatic heterocycles. The molecule has 0 bridgehead atoms. The van der Waals surface area contributed by atoms with E-state index in [1.54, 1.807) is 12.1 Å². The van der Waals surface area contributed by atoms with Crippen LogP contribution in [0.15, 0.2) is 12.1 Å². The molecule has 15 heavy (non-hydrogen) atoms. The van der Waals surface area contributed by atoms with Crippen molar-refractivity contribution >= 4 is 11.6 Å². The first-order valence-electron chi connectivity index (χ1n) is 4.68. The number of nitrogens with two attached hydrogens (primary N) is 1. The van der Waals surface area contributed by atoms with Crippen molar-refractivity contribution in [2.24, 2.45) is 5.73 Å². The fraction of sp³-hybridized carbons (Fsp3) is 0.400. The first kappa shape index (κ1) is 10.5. The second kappa shape index (κ2) is 4.26. The topological polar surface area (TPSA) is 64.7 Å². The third kappa shape index (κ3) is 1.88. The molecular weight excluding hydrogens is 218 g/mol. The van der Waals surface area contributed by atoms with Gasteiger partial charge in [-0.3, -0.25) is 0 Å². The van der Waals surface area contributed by atoms with Crippen LogP contribution in [-0.2, 0) is 0 Å². The summed E-state index contributed by atoms with van der Waals surface area (Å²) in [6.07, 6.45) is 0. The normalized spacial score (nSPS) is 16.2. The van der Waals surface area contributed by atoms with E-state index in [1.165, 1.54) is 0 Å². The first-order valence-corrected chi connectivity index (χ1v) is 5.06. The lowest BCUT2D eigenvalue weighted by Gasteiger charge is -2.23. The average Bonchev–Trinajstić information content (AvgIpc) is 2.28. The van der Waals surface area contributed by atoms with Gasteiger partial charge in [-0.25, -0.2) is 0 Å². The van der Waals surface area contributed by atoms with E-state index in [0.29, 0.717) is 35.3 Å². The number of benzene rings is 1. The van der Waals surface area contributed by atoms with Gasteiger partial charge in [-0.1, -0.05) is 11.6 Å². The summed E-state index contributed by atoms with van der Waals surface area (Å²) in [6, 6.07) is 2.89. The van der Waals surface area contributed by atoms with Gasteiger partial charge >= 0.3 is 0 Å². The van der Waals surface area contributed by atoms with Crippen LogP contribution in [0.3, 0.4) is 0 Å². The molecule has 1 aromatic rings. The largest absolute Gasteiger partial charge is 0.486 e. The smallest absolute Gasteiger partial charge is 0.167 e. The first-order chi connectivity index (χ1) is 7.24. The Hall–Kier alpha value is -0.970. The Morgan fingerprint density at radius 2 is 2.13 bits per heavy atom. The molecule has 0 spiro atoms. The Morgan fingerprint density at radius 1 is 1.40 bits per heavy atom. The molecule has 0 saturated heterocycles. The van der Waals surface area contributed by atoms with Crippen LogP contribution in [0.2, 0.25) is 5.02 Å². The maximum Gasteiger partial charge on any atom is 0.167 e. The van der Waals surface area contributed by atoms with Crippen LogP contribution in [0.1, 0.15) is 11.6 Å². The minimum atomic E-state index is -0.547. The van der Waals surface area contributed by atoms with Gasteiger partial charge in [-0.15, -0.1) is 0 Å². The van der Waals surface area contributed by atoms with E-state index >= 15 is 0 Å². The quantitative estimate of drug-likeness (QED) is 0.797. The Morgan fingerprint density at radius 3 is 2.87 bits per heavy atom. The number of fused-ring (bicyclic) bond motifs is 1. The molecule has 0 aromatic heterocycles. The summed E-state index contributed by atoms with van der Waals surface area (Å²) in [5.41, 5.74) is 6.36. The number of hydrogen-bond acceptors (Lipinski definition) is 4. The van der Waals surface area contributed by atoms with Gasteiger partial charge in [0.15, 0.2) is 11.5 Å². The highest BCUT2D eigenvalue weighted by Crippen LogP contribution is 2.40. The van der Waals surface area contributed by atoms with Crippen LogP contribution in [0.5, 0.6) is 11.5 Å². The number of aliphatic hydroxyl groups is 1. The second-order valence-electron chi connectivity index (χ2n) is 3.27. The minimum absolute atomic E-state index is 0.181. The molecule has 1 aliphatic rings. The molecule has 2 rings (SSSR count). The lowest BCUT2D eigenvalue weighted by Crippen LogP contribution is -2.21. The average molecular weight is 230 g/mol. The fourth-order valence-corrected chi connectivity index (χ4v) is 1.84. The van der Waals surface area contributed by atoms with Crippen molar-refractivity contribution in [3.05, 3.63) is 22.7 Å². The molecule has 5 heteroatoms. The molecule has 1 heterocycles. The van der Waals surface area contributed by atoms with E-state index in [4.69, 9.17) is 31.9 Å². The zero-order valence-corrected chi connectivity index (χ0v) is 8.83. The van der Waals surface area contributed by atoms with E-state index in [0.717, 1.165) is 0 Å². The summed E-state index contributed by atoms with van der Waals surface area (Å²) in [4.78, 5) is 0. The molecule has 0 amide bonds. The van der Waals surface area contributed by atoms with E-state index in [9.17, 15) is 0 Å². The minimum Gasteiger partial charge on any atom is -0.486 e. The van der Waals surface area contributed by atoms with Crippen LogP contribution in [0.25, 0.3) is 0 Å². The maximum absolute atomic E-state index is 9.03. The van der Waals surface area contributed by atoms with Crippen molar-refractivity contribution < 1.29 is 14.6 Å². The lowest BCUT2D eigenvalue weighted by atomic mass is 10.1. The molecule has 3 N–H and O–H groups in total. The molecule has 1 unspecified atom stereocenters. The maximum atomic E-state index is 9.03. The summed E-state index contributed by atoms with van der Waals surface area (Å²) in [7, 11) is 0. The number of halogens is 1. The summed E-state index contributed by atoms with van der Waals surface area (Å²) >= 11 is 6.01. The highest BCUT2D eigenvalue weighted by molar-refractivity contribution is 6.31. The summed E-state index contributed by atoms with van der Waals surface area (Å²) < 4.78 is 10.9. The Labute approximate surface area is 92.5 Å². The summed E-state index contributed by atoms with van der Waals surface area (Å²) in [5.74, 6) is 1.18. The molecule has 1 atom stereocenters. The Balaban J connectivity index is 2.50. The fourth-order valence-electron chi connectivity index (χ4n) is 1.55. The molecule has 0 fully saturated rings. The number of aliphatic hydroxyl groups excluding tert-OH is 1. The third-order valence-electron chi connectivity index (χ3n) is 2.26. The molecule has 82 valence electrons. The zero-order valence-electron chi connectivity index (χ0n) is 8.07. The van der Waals surface area contributed by atoms with Crippen LogP contribution >= 0.6 is 11.6 Å². The van der Waals surface area contributed by atoms with Crippen LogP contribution < -0.4 is 15.2 Å². The highest BCUT2D eigenvalue weighted by Gasteiger charge is 2.22. The van der Waals surface area contributed by atoms with Gasteiger partial charge in [0.25, 0.3) is 0 Å². The monoisotopic (exact) mass is 229 g/mol. The van der Waals surface area contributed by atoms with Crippen molar-refractivity contribution in [2.45, 2.75) is 6.04 Å². The van der Waals surface area contributed by atoms with Gasteiger partial charge in [0.05, 0.1) is 12.6 Å². The van der Waals surface area contributed by atoms with Crippen molar-refractivity contribution in [2.75, 3.05) is 19.8 Å². The number of hydrogen-bond donors (Lipinski definition) is 2. The Kier molecular flexibility index (Phi) is 3.00. The zero-order chi connectivity index (χ0) is 10.8.